The van der Waals surface area contributed by atoms with E-state index in [1.54, 1.807) is 5.57 Å². The Labute approximate surface area is 168 Å². The molecule has 0 bridgehead atoms. The number of oxime groups is 1. The van der Waals surface area contributed by atoms with E-state index < -0.39 is 0 Å². The summed E-state index contributed by atoms with van der Waals surface area (Å²) in [7, 11) is 0. The van der Waals surface area contributed by atoms with E-state index in [0.717, 1.165) is 54.2 Å². The molecule has 0 aromatic heterocycles. The summed E-state index contributed by atoms with van der Waals surface area (Å²) in [6.07, 6.45) is 19.0. The Morgan fingerprint density at radius 1 is 1.18 bits per heavy atom. The van der Waals surface area contributed by atoms with Gasteiger partial charge in [0.05, 0.1) is 17.9 Å². The summed E-state index contributed by atoms with van der Waals surface area (Å²) in [6, 6.07) is 0. The number of ether oxygens (including phenoxy) is 1. The number of fused-ring (bicyclic) bond motifs is 10. The van der Waals surface area contributed by atoms with Crippen molar-refractivity contribution >= 4 is 5.71 Å². The van der Waals surface area contributed by atoms with Gasteiger partial charge in [0, 0.05) is 5.41 Å². The third-order valence-electron chi connectivity index (χ3n) is 10.8. The minimum Gasteiger partial charge on any atom is -0.411 e. The van der Waals surface area contributed by atoms with Crippen LogP contribution in [0.4, 0.5) is 0 Å². The highest BCUT2D eigenvalue weighted by Gasteiger charge is 2.78. The molecule has 28 heavy (non-hydrogen) atoms. The Morgan fingerprint density at radius 3 is 2.79 bits per heavy atom. The van der Waals surface area contributed by atoms with Gasteiger partial charge in [0.15, 0.2) is 0 Å². The first-order valence-corrected chi connectivity index (χ1v) is 11.9. The predicted molar refractivity (Wildman–Crippen MR) is 108 cm³/mol. The molecule has 8 atom stereocenters. The lowest BCUT2D eigenvalue weighted by Crippen LogP contribution is -2.56. The molecule has 7 aliphatic rings. The van der Waals surface area contributed by atoms with Crippen molar-refractivity contribution in [3.05, 3.63) is 23.8 Å². The van der Waals surface area contributed by atoms with Gasteiger partial charge in [0.1, 0.15) is 0 Å². The van der Waals surface area contributed by atoms with Crippen molar-refractivity contribution in [1.82, 2.24) is 0 Å². The molecule has 0 aromatic rings. The number of nitrogens with zero attached hydrogens (tertiary/aromatic N) is 1. The number of hydrogen-bond donors (Lipinski definition) is 1. The molecule has 3 nitrogen and oxygen atoms in total. The van der Waals surface area contributed by atoms with Crippen LogP contribution in [-0.2, 0) is 4.74 Å². The van der Waals surface area contributed by atoms with Crippen molar-refractivity contribution < 1.29 is 9.94 Å². The first kappa shape index (κ1) is 16.7. The first-order chi connectivity index (χ1) is 13.7. The maximum Gasteiger partial charge on any atom is 0.0957 e. The quantitative estimate of drug-likeness (QED) is 0.379. The molecule has 5 saturated carbocycles. The summed E-state index contributed by atoms with van der Waals surface area (Å²) in [4.78, 5) is 0. The van der Waals surface area contributed by atoms with Gasteiger partial charge in [-0.15, -0.1) is 0 Å². The van der Waals surface area contributed by atoms with Crippen LogP contribution >= 0.6 is 0 Å². The van der Waals surface area contributed by atoms with Gasteiger partial charge in [-0.05, 0) is 105 Å². The molecule has 1 aliphatic heterocycles. The molecule has 0 radical (unpaired) electrons. The SMILES string of the molecule is CC[C@]12CCC3C(CC4(CC4)C4=CC(=NO)CC[C@@H]43)C1C1CC1[C@@]21C=CCO1. The lowest BCUT2D eigenvalue weighted by Gasteiger charge is -2.60. The first-order valence-electron chi connectivity index (χ1n) is 11.9. The zero-order valence-electron chi connectivity index (χ0n) is 17.1. The van der Waals surface area contributed by atoms with Crippen molar-refractivity contribution in [1.29, 1.82) is 0 Å². The van der Waals surface area contributed by atoms with E-state index in [1.807, 2.05) is 0 Å². The summed E-state index contributed by atoms with van der Waals surface area (Å²) in [5.74, 6) is 5.14. The van der Waals surface area contributed by atoms with E-state index in [4.69, 9.17) is 4.74 Å². The fraction of sp³-hybridized carbons (Fsp3) is 0.800. The largest absolute Gasteiger partial charge is 0.411 e. The molecular weight excluding hydrogens is 346 g/mol. The van der Waals surface area contributed by atoms with E-state index in [0.29, 0.717) is 10.8 Å². The van der Waals surface area contributed by atoms with Crippen LogP contribution in [0.25, 0.3) is 0 Å². The number of allylic oxidation sites excluding steroid dienone is 2. The maximum atomic E-state index is 9.37. The molecule has 0 aromatic carbocycles. The summed E-state index contributed by atoms with van der Waals surface area (Å²) in [5, 5.41) is 13.0. The summed E-state index contributed by atoms with van der Waals surface area (Å²) in [6.45, 7) is 3.30. The summed E-state index contributed by atoms with van der Waals surface area (Å²) in [5.41, 5.74) is 3.57. The van der Waals surface area contributed by atoms with Crippen LogP contribution in [0.1, 0.15) is 64.7 Å². The summed E-state index contributed by atoms with van der Waals surface area (Å²) >= 11 is 0. The van der Waals surface area contributed by atoms with Crippen molar-refractivity contribution in [2.24, 2.45) is 51.5 Å². The predicted octanol–water partition coefficient (Wildman–Crippen LogP) is 5.35. The van der Waals surface area contributed by atoms with Gasteiger partial charge in [0.2, 0.25) is 0 Å². The number of rotatable bonds is 1. The highest BCUT2D eigenvalue weighted by Crippen LogP contribution is 2.80. The van der Waals surface area contributed by atoms with Gasteiger partial charge in [-0.3, -0.25) is 0 Å². The van der Waals surface area contributed by atoms with Gasteiger partial charge in [-0.25, -0.2) is 0 Å². The highest BCUT2D eigenvalue weighted by molar-refractivity contribution is 5.96. The third-order valence-corrected chi connectivity index (χ3v) is 10.8. The minimum absolute atomic E-state index is 0.0815. The molecular formula is C25H33NO2. The Bertz CT molecular complexity index is 822. The van der Waals surface area contributed by atoms with Crippen LogP contribution in [0.3, 0.4) is 0 Å². The van der Waals surface area contributed by atoms with Crippen LogP contribution in [0.2, 0.25) is 0 Å². The van der Waals surface area contributed by atoms with Crippen LogP contribution in [0, 0.1) is 46.3 Å². The minimum atomic E-state index is 0.0815. The lowest BCUT2D eigenvalue weighted by molar-refractivity contribution is -0.146. The van der Waals surface area contributed by atoms with Crippen LogP contribution in [0.5, 0.6) is 0 Å². The Morgan fingerprint density at radius 2 is 2.07 bits per heavy atom. The van der Waals surface area contributed by atoms with Crippen molar-refractivity contribution in [3.8, 4) is 0 Å². The van der Waals surface area contributed by atoms with E-state index in [-0.39, 0.29) is 5.60 Å². The smallest absolute Gasteiger partial charge is 0.0957 e. The molecule has 1 heterocycles. The number of hydrogen-bond acceptors (Lipinski definition) is 3. The fourth-order valence-electron chi connectivity index (χ4n) is 9.70. The second kappa shape index (κ2) is 5.14. The highest BCUT2D eigenvalue weighted by atomic mass is 16.5. The Kier molecular flexibility index (Phi) is 3.06. The lowest BCUT2D eigenvalue weighted by atomic mass is 9.46. The molecule has 5 unspecified atom stereocenters. The average molecular weight is 380 g/mol. The standard InChI is InChI=1S/C25H33NO2/c1-2-24-8-6-16-17-5-4-15(26-27)12-20(17)23(9-10-23)14-19(16)22(24)18-13-21(18)25(24)7-3-11-28-25/h3,7,12,16-19,21-22,27H,2,4-6,8-11,13-14H2,1H3/t16?,17-,18?,19?,21?,22?,24+,25+/m1/s1. The van der Waals surface area contributed by atoms with Crippen LogP contribution in [-0.4, -0.2) is 23.1 Å². The Hall–Kier alpha value is -1.09. The van der Waals surface area contributed by atoms with E-state index in [2.05, 4.69) is 30.3 Å². The summed E-state index contributed by atoms with van der Waals surface area (Å²) < 4.78 is 6.64. The molecule has 0 amide bonds. The van der Waals surface area contributed by atoms with E-state index >= 15 is 0 Å². The topological polar surface area (TPSA) is 41.8 Å². The van der Waals surface area contributed by atoms with Crippen LogP contribution < -0.4 is 0 Å². The molecule has 150 valence electrons. The fourth-order valence-corrected chi connectivity index (χ4v) is 9.70. The average Bonchev–Trinajstić information content (AvgIpc) is 3.63. The molecule has 2 spiro atoms. The van der Waals surface area contributed by atoms with Gasteiger partial charge >= 0.3 is 0 Å². The second-order valence-electron chi connectivity index (χ2n) is 11.2. The normalized spacial score (nSPS) is 55.6. The van der Waals surface area contributed by atoms with Gasteiger partial charge in [-0.1, -0.05) is 29.8 Å². The van der Waals surface area contributed by atoms with E-state index in [1.165, 1.54) is 51.4 Å². The molecule has 0 saturated heterocycles. The van der Waals surface area contributed by atoms with Crippen molar-refractivity contribution in [2.75, 3.05) is 6.61 Å². The Balaban J connectivity index is 1.32. The zero-order chi connectivity index (χ0) is 18.7. The molecule has 7 rings (SSSR count). The van der Waals surface area contributed by atoms with E-state index in [9.17, 15) is 5.21 Å². The van der Waals surface area contributed by atoms with Crippen LogP contribution in [0.15, 0.2) is 29.0 Å². The molecule has 1 N–H and O–H groups in total. The second-order valence-corrected chi connectivity index (χ2v) is 11.2. The van der Waals surface area contributed by atoms with Gasteiger partial charge in [0.25, 0.3) is 0 Å². The monoisotopic (exact) mass is 379 g/mol. The molecule has 5 fully saturated rings. The van der Waals surface area contributed by atoms with Crippen molar-refractivity contribution in [3.63, 3.8) is 0 Å². The van der Waals surface area contributed by atoms with Gasteiger partial charge in [-0.2, -0.15) is 0 Å². The third kappa shape index (κ3) is 1.72. The van der Waals surface area contributed by atoms with Crippen molar-refractivity contribution in [2.45, 2.75) is 70.3 Å². The zero-order valence-corrected chi connectivity index (χ0v) is 17.1. The maximum absolute atomic E-state index is 9.37. The van der Waals surface area contributed by atoms with Gasteiger partial charge < -0.3 is 9.94 Å². The molecule has 6 aliphatic carbocycles. The molecule has 3 heteroatoms.